The van der Waals surface area contributed by atoms with Crippen LogP contribution in [0, 0.1) is 0 Å². The molecule has 0 aliphatic carbocycles. The van der Waals surface area contributed by atoms with Gasteiger partial charge in [-0.2, -0.15) is 0 Å². The van der Waals surface area contributed by atoms with E-state index >= 15 is 0 Å². The summed E-state index contributed by atoms with van der Waals surface area (Å²) in [6.07, 6.45) is 0. The van der Waals surface area contributed by atoms with Crippen molar-refractivity contribution in [3.63, 3.8) is 0 Å². The Morgan fingerprint density at radius 2 is 0.779 bits per heavy atom. The first-order valence-corrected chi connectivity index (χ1v) is 24.0. The highest BCUT2D eigenvalue weighted by Gasteiger charge is 2.25. The van der Waals surface area contributed by atoms with E-state index in [2.05, 4.69) is 269 Å². The molecule has 0 unspecified atom stereocenters. The van der Waals surface area contributed by atoms with Gasteiger partial charge in [-0.3, -0.25) is 0 Å². The van der Waals surface area contributed by atoms with E-state index in [4.69, 9.17) is 0 Å². The quantitative estimate of drug-likeness (QED) is 0.145. The zero-order chi connectivity index (χ0) is 46.3. The van der Waals surface area contributed by atoms with E-state index < -0.39 is 0 Å². The Morgan fingerprint density at radius 3 is 1.32 bits per heavy atom. The Labute approximate surface area is 399 Å². The fourth-order valence-electron chi connectivity index (χ4n) is 10.6. The van der Waals surface area contributed by atoms with E-state index in [0.717, 1.165) is 17.1 Å². The second-order valence-electron chi connectivity index (χ2n) is 20.6. The van der Waals surface area contributed by atoms with Crippen LogP contribution in [0.4, 0.5) is 17.1 Å². The highest BCUT2D eigenvalue weighted by Crippen LogP contribution is 2.48. The first kappa shape index (κ1) is 41.5. The van der Waals surface area contributed by atoms with Gasteiger partial charge < -0.3 is 9.47 Å². The third-order valence-electron chi connectivity index (χ3n) is 14.2. The van der Waals surface area contributed by atoms with Crippen molar-refractivity contribution in [2.24, 2.45) is 0 Å². The molecule has 1 aromatic heterocycles. The van der Waals surface area contributed by atoms with Crippen LogP contribution in [0.5, 0.6) is 0 Å². The lowest BCUT2D eigenvalue weighted by atomic mass is 9.85. The van der Waals surface area contributed by atoms with Gasteiger partial charge in [0.2, 0.25) is 0 Å². The molecule has 0 saturated carbocycles. The fraction of sp³-hybridized carbons (Fsp3) is 0.121. The van der Waals surface area contributed by atoms with Gasteiger partial charge in [0.15, 0.2) is 0 Å². The third-order valence-corrected chi connectivity index (χ3v) is 14.2. The van der Waals surface area contributed by atoms with Crippen molar-refractivity contribution in [2.75, 3.05) is 4.90 Å². The van der Waals surface area contributed by atoms with E-state index in [-0.39, 0.29) is 10.8 Å². The van der Waals surface area contributed by atoms with Gasteiger partial charge in [0.05, 0.1) is 22.4 Å². The molecule has 2 nitrogen and oxygen atoms in total. The van der Waals surface area contributed by atoms with Crippen molar-refractivity contribution in [3.05, 3.63) is 230 Å². The molecule has 0 radical (unpaired) electrons. The molecule has 328 valence electrons. The minimum absolute atomic E-state index is 0.0255. The van der Waals surface area contributed by atoms with E-state index in [1.54, 1.807) is 0 Å². The van der Waals surface area contributed by atoms with Crippen LogP contribution in [0.3, 0.4) is 0 Å². The smallest absolute Gasteiger partial charge is 0.0541 e. The van der Waals surface area contributed by atoms with Crippen LogP contribution in [0.15, 0.2) is 218 Å². The molecule has 1 heterocycles. The number of hydrogen-bond donors (Lipinski definition) is 0. The Bertz CT molecular complexity index is 3720. The zero-order valence-corrected chi connectivity index (χ0v) is 39.7. The number of nitrogens with zero attached hydrogens (tertiary/aromatic N) is 2. The van der Waals surface area contributed by atoms with Crippen molar-refractivity contribution in [1.29, 1.82) is 0 Å². The van der Waals surface area contributed by atoms with Crippen molar-refractivity contribution >= 4 is 71.2 Å². The van der Waals surface area contributed by atoms with Gasteiger partial charge in [-0.15, -0.1) is 0 Å². The zero-order valence-electron chi connectivity index (χ0n) is 39.7. The number of rotatable bonds is 7. The largest absolute Gasteiger partial charge is 0.310 e. The molecule has 12 aromatic rings. The SMILES string of the molecule is CC(C)(C)c1ccc2c(c1)c1cc(C(C)(C)C)ccc1n2-c1ccc2ccc3c(N(c4cccc(-c5ccccc5)c4)c4cc(-c5ccccc5)cc(-c5ccccc5)c4)ccc4ccc1c2c43. The summed E-state index contributed by atoms with van der Waals surface area (Å²) < 4.78 is 2.53. The molecule has 12 rings (SSSR count). The summed E-state index contributed by atoms with van der Waals surface area (Å²) in [6.45, 7) is 13.9. The predicted molar refractivity (Wildman–Crippen MR) is 293 cm³/mol. The molecule has 0 atom stereocenters. The molecule has 0 aliphatic rings. The Morgan fingerprint density at radius 1 is 0.324 bits per heavy atom. The first-order valence-electron chi connectivity index (χ1n) is 24.0. The maximum atomic E-state index is 2.53. The molecule has 0 aliphatic heterocycles. The second-order valence-corrected chi connectivity index (χ2v) is 20.6. The summed E-state index contributed by atoms with van der Waals surface area (Å²) in [5.74, 6) is 0. The molecular weight excluding hydrogens is 821 g/mol. The molecule has 0 amide bonds. The Hall–Kier alpha value is -7.94. The van der Waals surface area contributed by atoms with E-state index in [0.29, 0.717) is 0 Å². The Balaban J connectivity index is 1.13. The maximum absolute atomic E-state index is 2.53. The third kappa shape index (κ3) is 7.02. The van der Waals surface area contributed by atoms with Gasteiger partial charge in [0.25, 0.3) is 0 Å². The van der Waals surface area contributed by atoms with Gasteiger partial charge in [0.1, 0.15) is 0 Å². The standard InChI is InChI=1S/C66H54N2/c1-65(2,3)51-29-35-61-57(41-51)58-42-52(66(4,5)6)30-36-62(58)68(61)60-34-28-47-25-31-55-59(33-27-46-26-32-56(60)64(47)63(46)55)67(53-24-16-23-48(38-53)43-17-10-7-11-18-43)54-39-49(44-19-12-8-13-20-44)37-50(40-54)45-21-14-9-15-22-45/h7-42H,1-6H3. The topological polar surface area (TPSA) is 8.17 Å². The highest BCUT2D eigenvalue weighted by atomic mass is 15.1. The molecule has 11 aromatic carbocycles. The summed E-state index contributed by atoms with van der Waals surface area (Å²) in [4.78, 5) is 2.49. The van der Waals surface area contributed by atoms with Crippen LogP contribution < -0.4 is 4.90 Å². The van der Waals surface area contributed by atoms with Crippen LogP contribution in [0.2, 0.25) is 0 Å². The molecule has 0 saturated heterocycles. The van der Waals surface area contributed by atoms with Crippen LogP contribution in [-0.2, 0) is 10.8 Å². The fourth-order valence-corrected chi connectivity index (χ4v) is 10.6. The predicted octanol–water partition coefficient (Wildman–Crippen LogP) is 18.7. The molecule has 0 spiro atoms. The van der Waals surface area contributed by atoms with Gasteiger partial charge in [-0.1, -0.05) is 193 Å². The number of anilines is 3. The van der Waals surface area contributed by atoms with Gasteiger partial charge >= 0.3 is 0 Å². The van der Waals surface area contributed by atoms with E-state index in [9.17, 15) is 0 Å². The van der Waals surface area contributed by atoms with Crippen LogP contribution >= 0.6 is 0 Å². The first-order chi connectivity index (χ1) is 33.0. The normalized spacial score (nSPS) is 12.3. The minimum Gasteiger partial charge on any atom is -0.310 e. The molecule has 2 heteroatoms. The van der Waals surface area contributed by atoms with Gasteiger partial charge in [-0.05, 0) is 144 Å². The van der Waals surface area contributed by atoms with Gasteiger partial charge in [0, 0.05) is 32.9 Å². The molecule has 0 bridgehead atoms. The van der Waals surface area contributed by atoms with Gasteiger partial charge in [-0.25, -0.2) is 0 Å². The maximum Gasteiger partial charge on any atom is 0.0541 e. The monoisotopic (exact) mass is 874 g/mol. The lowest BCUT2D eigenvalue weighted by molar-refractivity contribution is 0.590. The van der Waals surface area contributed by atoms with Crippen molar-refractivity contribution in [3.8, 4) is 39.1 Å². The van der Waals surface area contributed by atoms with Crippen LogP contribution in [-0.4, -0.2) is 4.57 Å². The van der Waals surface area contributed by atoms with Crippen molar-refractivity contribution < 1.29 is 0 Å². The van der Waals surface area contributed by atoms with Crippen molar-refractivity contribution in [2.45, 2.75) is 52.4 Å². The summed E-state index contributed by atoms with van der Waals surface area (Å²) in [6, 6.07) is 81.4. The summed E-state index contributed by atoms with van der Waals surface area (Å²) in [5, 5.41) is 10.1. The summed E-state index contributed by atoms with van der Waals surface area (Å²) in [7, 11) is 0. The molecule has 0 fully saturated rings. The number of hydrogen-bond acceptors (Lipinski definition) is 1. The van der Waals surface area contributed by atoms with Crippen molar-refractivity contribution in [1.82, 2.24) is 4.57 Å². The van der Waals surface area contributed by atoms with E-state index in [1.165, 1.54) is 104 Å². The number of aromatic nitrogens is 1. The molecular formula is C66H54N2. The second kappa shape index (κ2) is 15.9. The highest BCUT2D eigenvalue weighted by molar-refractivity contribution is 6.27. The number of fused-ring (bicyclic) bond motifs is 3. The summed E-state index contributed by atoms with van der Waals surface area (Å²) >= 11 is 0. The van der Waals surface area contributed by atoms with E-state index in [1.807, 2.05) is 0 Å². The Kier molecular flexibility index (Phi) is 9.67. The van der Waals surface area contributed by atoms with Crippen LogP contribution in [0.25, 0.3) is 93.2 Å². The average Bonchev–Trinajstić information content (AvgIpc) is 3.69. The number of benzene rings is 11. The summed E-state index contributed by atoms with van der Waals surface area (Å²) in [5.41, 5.74) is 16.8. The lowest BCUT2D eigenvalue weighted by Gasteiger charge is -2.29. The molecule has 68 heavy (non-hydrogen) atoms. The lowest BCUT2D eigenvalue weighted by Crippen LogP contribution is -2.11. The minimum atomic E-state index is 0.0255. The van der Waals surface area contributed by atoms with Crippen LogP contribution in [0.1, 0.15) is 52.7 Å². The molecule has 0 N–H and O–H groups in total. The average molecular weight is 875 g/mol.